The first-order valence-electron chi connectivity index (χ1n) is 6.87. The van der Waals surface area contributed by atoms with E-state index in [1.54, 1.807) is 12.3 Å². The minimum Gasteiger partial charge on any atom is -0.469 e. The molecule has 0 aliphatic heterocycles. The zero-order valence-corrected chi connectivity index (χ0v) is 12.0. The van der Waals surface area contributed by atoms with Crippen LogP contribution in [0.2, 0.25) is 0 Å². The van der Waals surface area contributed by atoms with E-state index >= 15 is 0 Å². The molecule has 1 atom stereocenters. The fourth-order valence-corrected chi connectivity index (χ4v) is 2.00. The van der Waals surface area contributed by atoms with Gasteiger partial charge in [-0.1, -0.05) is 0 Å². The monoisotopic (exact) mass is 311 g/mol. The highest BCUT2D eigenvalue weighted by atomic mass is 19.4. The molecule has 2 aromatic rings. The summed E-state index contributed by atoms with van der Waals surface area (Å²) in [5, 5.41) is 2.75. The lowest BCUT2D eigenvalue weighted by molar-refractivity contribution is -0.137. The van der Waals surface area contributed by atoms with E-state index in [9.17, 15) is 18.0 Å². The van der Waals surface area contributed by atoms with Crippen molar-refractivity contribution in [3.8, 4) is 0 Å². The molecule has 0 spiro atoms. The van der Waals surface area contributed by atoms with Crippen molar-refractivity contribution in [1.82, 2.24) is 5.32 Å². The van der Waals surface area contributed by atoms with Gasteiger partial charge in [0.1, 0.15) is 5.76 Å². The van der Waals surface area contributed by atoms with Gasteiger partial charge >= 0.3 is 6.18 Å². The van der Waals surface area contributed by atoms with Crippen molar-refractivity contribution >= 4 is 5.91 Å². The van der Waals surface area contributed by atoms with Crippen molar-refractivity contribution in [1.29, 1.82) is 0 Å². The van der Waals surface area contributed by atoms with Gasteiger partial charge in [0.05, 0.1) is 11.8 Å². The highest BCUT2D eigenvalue weighted by Crippen LogP contribution is 2.29. The van der Waals surface area contributed by atoms with Crippen LogP contribution >= 0.6 is 0 Å². The smallest absolute Gasteiger partial charge is 0.416 e. The number of halogens is 3. The van der Waals surface area contributed by atoms with Crippen LogP contribution in [0, 0.1) is 0 Å². The van der Waals surface area contributed by atoms with Gasteiger partial charge in [0, 0.05) is 18.0 Å². The van der Waals surface area contributed by atoms with E-state index in [1.807, 2.05) is 13.0 Å². The first kappa shape index (κ1) is 16.1. The van der Waals surface area contributed by atoms with E-state index in [2.05, 4.69) is 5.32 Å². The maximum absolute atomic E-state index is 12.5. The zero-order valence-electron chi connectivity index (χ0n) is 12.0. The SMILES string of the molecule is CC(CCc1ccco1)NC(=O)c1ccc(C(F)(F)F)cc1. The summed E-state index contributed by atoms with van der Waals surface area (Å²) in [7, 11) is 0. The fraction of sp³-hybridized carbons (Fsp3) is 0.312. The Morgan fingerprint density at radius 1 is 1.23 bits per heavy atom. The molecule has 1 amide bonds. The number of furan rings is 1. The Morgan fingerprint density at radius 2 is 1.91 bits per heavy atom. The number of carbonyl (C=O) groups excluding carboxylic acids is 1. The van der Waals surface area contributed by atoms with Gasteiger partial charge in [0.2, 0.25) is 0 Å². The van der Waals surface area contributed by atoms with Crippen molar-refractivity contribution in [3.05, 3.63) is 59.5 Å². The molecule has 0 aliphatic carbocycles. The van der Waals surface area contributed by atoms with Gasteiger partial charge in [-0.15, -0.1) is 0 Å². The van der Waals surface area contributed by atoms with Gasteiger partial charge in [-0.25, -0.2) is 0 Å². The van der Waals surface area contributed by atoms with E-state index in [4.69, 9.17) is 4.42 Å². The predicted molar refractivity (Wildman–Crippen MR) is 75.4 cm³/mol. The first-order chi connectivity index (χ1) is 10.4. The van der Waals surface area contributed by atoms with Crippen LogP contribution < -0.4 is 5.32 Å². The standard InChI is InChI=1S/C16H16F3NO2/c1-11(4-9-14-3-2-10-22-14)20-15(21)12-5-7-13(8-6-12)16(17,18)19/h2-3,5-8,10-11H,4,9H2,1H3,(H,20,21). The minimum atomic E-state index is -4.40. The second kappa shape index (κ2) is 6.68. The summed E-state index contributed by atoms with van der Waals surface area (Å²) in [6.07, 6.45) is -1.45. The number of hydrogen-bond donors (Lipinski definition) is 1. The summed E-state index contributed by atoms with van der Waals surface area (Å²) in [6.45, 7) is 1.84. The van der Waals surface area contributed by atoms with Gasteiger partial charge in [0.15, 0.2) is 0 Å². The lowest BCUT2D eigenvalue weighted by Crippen LogP contribution is -2.32. The third kappa shape index (κ3) is 4.38. The number of nitrogens with one attached hydrogen (secondary N) is 1. The Hall–Kier alpha value is -2.24. The second-order valence-electron chi connectivity index (χ2n) is 5.07. The van der Waals surface area contributed by atoms with E-state index in [1.165, 1.54) is 12.1 Å². The molecule has 1 heterocycles. The molecule has 1 N–H and O–H groups in total. The fourth-order valence-electron chi connectivity index (χ4n) is 2.00. The molecule has 2 rings (SSSR count). The average molecular weight is 311 g/mol. The van der Waals surface area contributed by atoms with Crippen LogP contribution in [0.25, 0.3) is 0 Å². The number of benzene rings is 1. The Balaban J connectivity index is 1.88. The highest BCUT2D eigenvalue weighted by Gasteiger charge is 2.30. The van der Waals surface area contributed by atoms with Crippen molar-refractivity contribution in [3.63, 3.8) is 0 Å². The average Bonchev–Trinajstić information content (AvgIpc) is 2.97. The number of amides is 1. The number of aryl methyl sites for hydroxylation is 1. The third-order valence-electron chi connectivity index (χ3n) is 3.26. The molecule has 1 aromatic carbocycles. The van der Waals surface area contributed by atoms with E-state index in [-0.39, 0.29) is 17.5 Å². The summed E-state index contributed by atoms with van der Waals surface area (Å²) in [5.41, 5.74) is -0.562. The predicted octanol–water partition coefficient (Wildman–Crippen LogP) is 4.05. The van der Waals surface area contributed by atoms with Crippen molar-refractivity contribution in [2.75, 3.05) is 0 Å². The van der Waals surface area contributed by atoms with Gasteiger partial charge in [-0.3, -0.25) is 4.79 Å². The molecule has 22 heavy (non-hydrogen) atoms. The molecule has 0 bridgehead atoms. The molecule has 0 saturated carbocycles. The van der Waals surface area contributed by atoms with Crippen LogP contribution in [-0.4, -0.2) is 11.9 Å². The zero-order chi connectivity index (χ0) is 16.2. The van der Waals surface area contributed by atoms with Crippen LogP contribution in [0.5, 0.6) is 0 Å². The Bertz CT molecular complexity index is 603. The molecule has 1 unspecified atom stereocenters. The van der Waals surface area contributed by atoms with Gasteiger partial charge in [-0.2, -0.15) is 13.2 Å². The lowest BCUT2D eigenvalue weighted by Gasteiger charge is -2.13. The summed E-state index contributed by atoms with van der Waals surface area (Å²) in [6, 6.07) is 7.70. The molecule has 118 valence electrons. The molecule has 0 aliphatic rings. The highest BCUT2D eigenvalue weighted by molar-refractivity contribution is 5.94. The van der Waals surface area contributed by atoms with Crippen LogP contribution in [0.1, 0.15) is 35.0 Å². The van der Waals surface area contributed by atoms with E-state index in [0.717, 1.165) is 17.9 Å². The topological polar surface area (TPSA) is 42.2 Å². The normalized spacial score (nSPS) is 12.9. The lowest BCUT2D eigenvalue weighted by atomic mass is 10.1. The molecule has 0 saturated heterocycles. The minimum absolute atomic E-state index is 0.111. The number of carbonyl (C=O) groups is 1. The molecule has 0 fully saturated rings. The van der Waals surface area contributed by atoms with Crippen LogP contribution in [0.3, 0.4) is 0 Å². The van der Waals surface area contributed by atoms with Gasteiger partial charge in [0.25, 0.3) is 5.91 Å². The Labute approximate surface area is 126 Å². The maximum atomic E-state index is 12.5. The molecule has 1 aromatic heterocycles. The van der Waals surface area contributed by atoms with Gasteiger partial charge in [-0.05, 0) is 49.7 Å². The summed E-state index contributed by atoms with van der Waals surface area (Å²) in [5.74, 6) is 0.441. The molecular formula is C16H16F3NO2. The van der Waals surface area contributed by atoms with Crippen LogP contribution in [-0.2, 0) is 12.6 Å². The number of hydrogen-bond acceptors (Lipinski definition) is 2. The van der Waals surface area contributed by atoms with E-state index < -0.39 is 11.7 Å². The largest absolute Gasteiger partial charge is 0.469 e. The number of alkyl halides is 3. The van der Waals surface area contributed by atoms with Crippen LogP contribution in [0.15, 0.2) is 47.1 Å². The summed E-state index contributed by atoms with van der Waals surface area (Å²) < 4.78 is 42.6. The maximum Gasteiger partial charge on any atom is 0.416 e. The second-order valence-corrected chi connectivity index (χ2v) is 5.07. The Kier molecular flexibility index (Phi) is 4.90. The Morgan fingerprint density at radius 3 is 2.45 bits per heavy atom. The quantitative estimate of drug-likeness (QED) is 0.905. The van der Waals surface area contributed by atoms with E-state index in [0.29, 0.717) is 12.8 Å². The molecular weight excluding hydrogens is 295 g/mol. The van der Waals surface area contributed by atoms with Crippen molar-refractivity contribution < 1.29 is 22.4 Å². The number of rotatable bonds is 5. The van der Waals surface area contributed by atoms with Crippen LogP contribution in [0.4, 0.5) is 13.2 Å². The van der Waals surface area contributed by atoms with Gasteiger partial charge < -0.3 is 9.73 Å². The molecule has 6 heteroatoms. The summed E-state index contributed by atoms with van der Waals surface area (Å²) >= 11 is 0. The molecule has 0 radical (unpaired) electrons. The summed E-state index contributed by atoms with van der Waals surface area (Å²) in [4.78, 5) is 12.0. The molecule has 3 nitrogen and oxygen atoms in total. The van der Waals surface area contributed by atoms with Crippen molar-refractivity contribution in [2.24, 2.45) is 0 Å². The first-order valence-corrected chi connectivity index (χ1v) is 6.87. The third-order valence-corrected chi connectivity index (χ3v) is 3.26. The van der Waals surface area contributed by atoms with Crippen molar-refractivity contribution in [2.45, 2.75) is 32.0 Å².